The molecule has 1 fully saturated rings. The fraction of sp³-hybridized carbons (Fsp3) is 0.357. The van der Waals surface area contributed by atoms with E-state index in [2.05, 4.69) is 30.8 Å². The van der Waals surface area contributed by atoms with Gasteiger partial charge in [-0.2, -0.15) is 0 Å². The van der Waals surface area contributed by atoms with Gasteiger partial charge in [0.25, 0.3) is 0 Å². The van der Waals surface area contributed by atoms with E-state index in [-0.39, 0.29) is 5.82 Å². The molecule has 3 rings (SSSR count). The van der Waals surface area contributed by atoms with Crippen LogP contribution < -0.4 is 5.32 Å². The van der Waals surface area contributed by atoms with Crippen LogP contribution in [0.15, 0.2) is 35.2 Å². The van der Waals surface area contributed by atoms with Gasteiger partial charge in [-0.05, 0) is 36.6 Å². The highest BCUT2D eigenvalue weighted by Gasteiger charge is 2.24. The van der Waals surface area contributed by atoms with Crippen molar-refractivity contribution in [1.82, 2.24) is 14.9 Å². The SMILES string of the molecule is Fc1ccc(Br)c(CNCc2cncn2C2CC2)c1. The van der Waals surface area contributed by atoms with Crippen molar-refractivity contribution in [1.29, 1.82) is 0 Å². The number of imidazole rings is 1. The first-order valence-electron chi connectivity index (χ1n) is 6.39. The van der Waals surface area contributed by atoms with Crippen LogP contribution in [0.4, 0.5) is 4.39 Å². The maximum Gasteiger partial charge on any atom is 0.123 e. The lowest BCUT2D eigenvalue weighted by Gasteiger charge is -2.09. The number of nitrogens with zero attached hydrogens (tertiary/aromatic N) is 2. The predicted molar refractivity (Wildman–Crippen MR) is 75.1 cm³/mol. The molecule has 100 valence electrons. The van der Waals surface area contributed by atoms with Gasteiger partial charge in [0, 0.05) is 29.8 Å². The third kappa shape index (κ3) is 3.04. The van der Waals surface area contributed by atoms with Crippen molar-refractivity contribution in [2.45, 2.75) is 32.0 Å². The molecule has 1 aliphatic rings. The van der Waals surface area contributed by atoms with E-state index < -0.39 is 0 Å². The summed E-state index contributed by atoms with van der Waals surface area (Å²) in [6.07, 6.45) is 6.29. The van der Waals surface area contributed by atoms with Crippen molar-refractivity contribution in [3.8, 4) is 0 Å². The quantitative estimate of drug-likeness (QED) is 0.913. The molecule has 1 aliphatic carbocycles. The standard InChI is InChI=1S/C14H15BrFN3/c15-14-4-1-11(16)5-10(14)6-17-7-13-8-18-9-19(13)12-2-3-12/h1,4-5,8-9,12,17H,2-3,6-7H2. The Morgan fingerprint density at radius 3 is 3.00 bits per heavy atom. The van der Waals surface area contributed by atoms with E-state index in [9.17, 15) is 4.39 Å². The Morgan fingerprint density at radius 1 is 1.37 bits per heavy atom. The van der Waals surface area contributed by atoms with Crippen LogP contribution in [0.25, 0.3) is 0 Å². The molecule has 0 bridgehead atoms. The van der Waals surface area contributed by atoms with Gasteiger partial charge in [0.05, 0.1) is 12.0 Å². The van der Waals surface area contributed by atoms with Gasteiger partial charge < -0.3 is 9.88 Å². The molecule has 1 N–H and O–H groups in total. The van der Waals surface area contributed by atoms with Crippen molar-refractivity contribution in [3.63, 3.8) is 0 Å². The average Bonchev–Trinajstić information content (AvgIpc) is 3.14. The highest BCUT2D eigenvalue weighted by molar-refractivity contribution is 9.10. The summed E-state index contributed by atoms with van der Waals surface area (Å²) in [6.45, 7) is 1.38. The third-order valence-electron chi connectivity index (χ3n) is 3.32. The van der Waals surface area contributed by atoms with Crippen LogP contribution in [-0.2, 0) is 13.1 Å². The van der Waals surface area contributed by atoms with Crippen LogP contribution in [0.1, 0.15) is 30.1 Å². The molecular formula is C14H15BrFN3. The van der Waals surface area contributed by atoms with E-state index in [4.69, 9.17) is 0 Å². The van der Waals surface area contributed by atoms with Crippen molar-refractivity contribution < 1.29 is 4.39 Å². The van der Waals surface area contributed by atoms with Crippen LogP contribution >= 0.6 is 15.9 Å². The largest absolute Gasteiger partial charge is 0.330 e. The molecule has 0 radical (unpaired) electrons. The summed E-state index contributed by atoms with van der Waals surface area (Å²) in [6, 6.07) is 5.38. The summed E-state index contributed by atoms with van der Waals surface area (Å²) >= 11 is 3.43. The van der Waals surface area contributed by atoms with Crippen LogP contribution in [0, 0.1) is 5.82 Å². The molecule has 1 aromatic carbocycles. The molecule has 2 aromatic rings. The van der Waals surface area contributed by atoms with Crippen molar-refractivity contribution >= 4 is 15.9 Å². The lowest BCUT2D eigenvalue weighted by Crippen LogP contribution is -2.15. The van der Waals surface area contributed by atoms with Gasteiger partial charge in [-0.25, -0.2) is 9.37 Å². The molecule has 1 saturated carbocycles. The predicted octanol–water partition coefficient (Wildman–Crippen LogP) is 3.41. The van der Waals surface area contributed by atoms with Crippen molar-refractivity contribution in [2.24, 2.45) is 0 Å². The second kappa shape index (κ2) is 5.43. The molecule has 19 heavy (non-hydrogen) atoms. The summed E-state index contributed by atoms with van der Waals surface area (Å²) < 4.78 is 16.3. The van der Waals surface area contributed by atoms with Crippen molar-refractivity contribution in [2.75, 3.05) is 0 Å². The second-order valence-corrected chi connectivity index (χ2v) is 5.72. The van der Waals surface area contributed by atoms with E-state index in [0.717, 1.165) is 16.6 Å². The summed E-state index contributed by atoms with van der Waals surface area (Å²) in [5.41, 5.74) is 2.12. The summed E-state index contributed by atoms with van der Waals surface area (Å²) in [5.74, 6) is -0.206. The number of hydrogen-bond donors (Lipinski definition) is 1. The molecule has 0 atom stereocenters. The van der Waals surface area contributed by atoms with Crippen LogP contribution in [-0.4, -0.2) is 9.55 Å². The van der Waals surface area contributed by atoms with Gasteiger partial charge in [0.1, 0.15) is 5.82 Å². The topological polar surface area (TPSA) is 29.9 Å². The van der Waals surface area contributed by atoms with Gasteiger partial charge in [0.15, 0.2) is 0 Å². The monoisotopic (exact) mass is 323 g/mol. The Labute approximate surface area is 120 Å². The molecule has 0 unspecified atom stereocenters. The first-order valence-corrected chi connectivity index (χ1v) is 7.18. The minimum atomic E-state index is -0.206. The molecule has 5 heteroatoms. The number of hydrogen-bond acceptors (Lipinski definition) is 2. The number of benzene rings is 1. The molecule has 0 saturated heterocycles. The van der Waals surface area contributed by atoms with Gasteiger partial charge in [0.2, 0.25) is 0 Å². The molecule has 0 aliphatic heterocycles. The minimum absolute atomic E-state index is 0.206. The lowest BCUT2D eigenvalue weighted by atomic mass is 10.2. The zero-order chi connectivity index (χ0) is 13.2. The second-order valence-electron chi connectivity index (χ2n) is 4.86. The number of aromatic nitrogens is 2. The zero-order valence-corrected chi connectivity index (χ0v) is 12.0. The number of halogens is 2. The maximum absolute atomic E-state index is 13.2. The molecule has 3 nitrogen and oxygen atoms in total. The van der Waals surface area contributed by atoms with Gasteiger partial charge in [-0.3, -0.25) is 0 Å². The molecule has 0 spiro atoms. The Kier molecular flexibility index (Phi) is 3.66. The minimum Gasteiger partial charge on any atom is -0.330 e. The Bertz CT molecular complexity index is 578. The maximum atomic E-state index is 13.2. The molecule has 1 heterocycles. The van der Waals surface area contributed by atoms with E-state index in [1.165, 1.54) is 24.6 Å². The van der Waals surface area contributed by atoms with Crippen molar-refractivity contribution in [3.05, 3.63) is 52.3 Å². The Balaban J connectivity index is 1.60. The number of nitrogens with one attached hydrogen (secondary N) is 1. The highest BCUT2D eigenvalue weighted by atomic mass is 79.9. The summed E-state index contributed by atoms with van der Waals surface area (Å²) in [7, 11) is 0. The van der Waals surface area contributed by atoms with Crippen LogP contribution in [0.5, 0.6) is 0 Å². The Hall–Kier alpha value is -1.20. The van der Waals surface area contributed by atoms with E-state index in [1.807, 2.05) is 12.5 Å². The third-order valence-corrected chi connectivity index (χ3v) is 4.09. The normalized spacial score (nSPS) is 14.8. The number of rotatable bonds is 5. The fourth-order valence-electron chi connectivity index (χ4n) is 2.15. The summed E-state index contributed by atoms with van der Waals surface area (Å²) in [5, 5.41) is 3.34. The first-order chi connectivity index (χ1) is 9.24. The smallest absolute Gasteiger partial charge is 0.123 e. The molecular weight excluding hydrogens is 309 g/mol. The zero-order valence-electron chi connectivity index (χ0n) is 10.4. The molecule has 1 aromatic heterocycles. The van der Waals surface area contributed by atoms with Gasteiger partial charge >= 0.3 is 0 Å². The summed E-state index contributed by atoms with van der Waals surface area (Å²) in [4.78, 5) is 4.19. The first kappa shape index (κ1) is 12.8. The van der Waals surface area contributed by atoms with E-state index >= 15 is 0 Å². The Morgan fingerprint density at radius 2 is 2.21 bits per heavy atom. The lowest BCUT2D eigenvalue weighted by molar-refractivity contribution is 0.606. The fourth-order valence-corrected chi connectivity index (χ4v) is 2.54. The van der Waals surface area contributed by atoms with Gasteiger partial charge in [-0.15, -0.1) is 0 Å². The average molecular weight is 324 g/mol. The van der Waals surface area contributed by atoms with E-state index in [1.54, 1.807) is 12.1 Å². The van der Waals surface area contributed by atoms with Gasteiger partial charge in [-0.1, -0.05) is 15.9 Å². The van der Waals surface area contributed by atoms with Crippen LogP contribution in [0.3, 0.4) is 0 Å². The van der Waals surface area contributed by atoms with Crippen LogP contribution in [0.2, 0.25) is 0 Å². The highest BCUT2D eigenvalue weighted by Crippen LogP contribution is 2.35. The molecule has 0 amide bonds. The van der Waals surface area contributed by atoms with E-state index in [0.29, 0.717) is 12.6 Å².